The van der Waals surface area contributed by atoms with Crippen LogP contribution in [0.2, 0.25) is 0 Å². The maximum Gasteiger partial charge on any atom is 0.168 e. The molecule has 1 aliphatic rings. The molecule has 0 radical (unpaired) electrons. The van der Waals surface area contributed by atoms with E-state index in [0.717, 1.165) is 24.8 Å². The molecule has 0 aliphatic heterocycles. The van der Waals surface area contributed by atoms with Gasteiger partial charge in [-0.05, 0) is 36.5 Å². The zero-order chi connectivity index (χ0) is 11.1. The van der Waals surface area contributed by atoms with Crippen LogP contribution in [0.5, 0.6) is 0 Å². The topological polar surface area (TPSA) is 17.1 Å². The Kier molecular flexibility index (Phi) is 2.41. The average Bonchev–Trinajstić information content (AvgIpc) is 2.24. The van der Waals surface area contributed by atoms with Gasteiger partial charge in [-0.15, -0.1) is 0 Å². The maximum atomic E-state index is 12.2. The van der Waals surface area contributed by atoms with Crippen molar-refractivity contribution < 1.29 is 4.79 Å². The van der Waals surface area contributed by atoms with Crippen LogP contribution in [-0.2, 0) is 12.8 Å². The van der Waals surface area contributed by atoms with E-state index < -0.39 is 0 Å². The molecule has 0 unspecified atom stereocenters. The normalized spacial score (nSPS) is 18.7. The number of carbonyl (C=O) groups excluding carboxylic acids is 1. The van der Waals surface area contributed by atoms with Crippen molar-refractivity contribution >= 4 is 5.78 Å². The fourth-order valence-electron chi connectivity index (χ4n) is 2.20. The van der Waals surface area contributed by atoms with Crippen molar-refractivity contribution in [2.75, 3.05) is 0 Å². The Hall–Kier alpha value is -1.11. The molecule has 0 heterocycles. The SMILES string of the molecule is CCc1ccc2c(c1)C(=O)C(C)(C)CC2. The first-order valence-corrected chi connectivity index (χ1v) is 5.71. The average molecular weight is 202 g/mol. The number of ketones is 1. The highest BCUT2D eigenvalue weighted by Crippen LogP contribution is 2.34. The lowest BCUT2D eigenvalue weighted by Gasteiger charge is -2.29. The van der Waals surface area contributed by atoms with Gasteiger partial charge in [0.05, 0.1) is 0 Å². The molecule has 1 nitrogen and oxygen atoms in total. The summed E-state index contributed by atoms with van der Waals surface area (Å²) in [6.07, 6.45) is 3.02. The van der Waals surface area contributed by atoms with Crippen molar-refractivity contribution in [2.45, 2.75) is 40.0 Å². The summed E-state index contributed by atoms with van der Waals surface area (Å²) in [6.45, 7) is 6.23. The largest absolute Gasteiger partial charge is 0.294 e. The molecule has 0 bridgehead atoms. The monoisotopic (exact) mass is 202 g/mol. The molecule has 0 saturated heterocycles. The highest BCUT2D eigenvalue weighted by Gasteiger charge is 2.33. The summed E-state index contributed by atoms with van der Waals surface area (Å²) in [7, 11) is 0. The molecule has 0 aromatic heterocycles. The van der Waals surface area contributed by atoms with E-state index in [4.69, 9.17) is 0 Å². The van der Waals surface area contributed by atoms with E-state index in [-0.39, 0.29) is 5.41 Å². The molecule has 1 aromatic rings. The second-order valence-electron chi connectivity index (χ2n) is 5.06. The van der Waals surface area contributed by atoms with Crippen molar-refractivity contribution in [2.24, 2.45) is 5.41 Å². The summed E-state index contributed by atoms with van der Waals surface area (Å²) in [5.41, 5.74) is 3.29. The number of benzene rings is 1. The Morgan fingerprint density at radius 3 is 2.73 bits per heavy atom. The van der Waals surface area contributed by atoms with E-state index in [1.807, 2.05) is 0 Å². The van der Waals surface area contributed by atoms with E-state index in [9.17, 15) is 4.79 Å². The Labute approximate surface area is 91.5 Å². The van der Waals surface area contributed by atoms with Crippen LogP contribution in [0.15, 0.2) is 18.2 Å². The fourth-order valence-corrected chi connectivity index (χ4v) is 2.20. The van der Waals surface area contributed by atoms with Gasteiger partial charge in [-0.1, -0.05) is 32.9 Å². The van der Waals surface area contributed by atoms with Gasteiger partial charge < -0.3 is 0 Å². The smallest absolute Gasteiger partial charge is 0.168 e. The lowest BCUT2D eigenvalue weighted by atomic mass is 9.73. The van der Waals surface area contributed by atoms with E-state index >= 15 is 0 Å². The lowest BCUT2D eigenvalue weighted by Crippen LogP contribution is -2.30. The molecule has 0 spiro atoms. The first-order chi connectivity index (χ1) is 7.04. The van der Waals surface area contributed by atoms with Crippen LogP contribution in [-0.4, -0.2) is 5.78 Å². The van der Waals surface area contributed by atoms with Crippen LogP contribution >= 0.6 is 0 Å². The van der Waals surface area contributed by atoms with Gasteiger partial charge in [-0.25, -0.2) is 0 Å². The van der Waals surface area contributed by atoms with Crippen LogP contribution in [0.3, 0.4) is 0 Å². The third-order valence-electron chi connectivity index (χ3n) is 3.46. The van der Waals surface area contributed by atoms with Crippen LogP contribution in [0.25, 0.3) is 0 Å². The van der Waals surface area contributed by atoms with Crippen molar-refractivity contribution in [3.05, 3.63) is 34.9 Å². The number of hydrogen-bond acceptors (Lipinski definition) is 1. The molecular formula is C14H18O. The van der Waals surface area contributed by atoms with Gasteiger partial charge in [0.25, 0.3) is 0 Å². The Balaban J connectivity index is 2.49. The molecule has 0 saturated carbocycles. The van der Waals surface area contributed by atoms with Crippen molar-refractivity contribution in [3.63, 3.8) is 0 Å². The van der Waals surface area contributed by atoms with Gasteiger partial charge in [-0.2, -0.15) is 0 Å². The number of hydrogen-bond donors (Lipinski definition) is 0. The molecule has 0 fully saturated rings. The number of rotatable bonds is 1. The van der Waals surface area contributed by atoms with E-state index in [1.54, 1.807) is 0 Å². The summed E-state index contributed by atoms with van der Waals surface area (Å²) in [5, 5.41) is 0. The van der Waals surface area contributed by atoms with Crippen molar-refractivity contribution in [1.82, 2.24) is 0 Å². The second-order valence-corrected chi connectivity index (χ2v) is 5.06. The fraction of sp³-hybridized carbons (Fsp3) is 0.500. The van der Waals surface area contributed by atoms with Crippen LogP contribution in [0.1, 0.15) is 48.7 Å². The van der Waals surface area contributed by atoms with Gasteiger partial charge in [0.2, 0.25) is 0 Å². The number of Topliss-reactive ketones (excluding diaryl/α,β-unsaturated/α-hetero) is 1. The highest BCUT2D eigenvalue weighted by atomic mass is 16.1. The summed E-state index contributed by atoms with van der Waals surface area (Å²) in [4.78, 5) is 12.2. The molecule has 15 heavy (non-hydrogen) atoms. The van der Waals surface area contributed by atoms with Crippen LogP contribution in [0, 0.1) is 5.41 Å². The zero-order valence-corrected chi connectivity index (χ0v) is 9.76. The maximum absolute atomic E-state index is 12.2. The second kappa shape index (κ2) is 3.48. The van der Waals surface area contributed by atoms with Gasteiger partial charge in [0, 0.05) is 11.0 Å². The number of fused-ring (bicyclic) bond motifs is 1. The minimum Gasteiger partial charge on any atom is -0.294 e. The van der Waals surface area contributed by atoms with Gasteiger partial charge in [0.15, 0.2) is 5.78 Å². The Morgan fingerprint density at radius 1 is 1.33 bits per heavy atom. The summed E-state index contributed by atoms with van der Waals surface area (Å²) >= 11 is 0. The van der Waals surface area contributed by atoms with Crippen LogP contribution in [0.4, 0.5) is 0 Å². The molecule has 1 aliphatic carbocycles. The number of carbonyl (C=O) groups is 1. The Morgan fingerprint density at radius 2 is 2.07 bits per heavy atom. The van der Waals surface area contributed by atoms with E-state index in [2.05, 4.69) is 39.0 Å². The molecule has 0 amide bonds. The first kappa shape index (κ1) is 10.4. The molecular weight excluding hydrogens is 184 g/mol. The predicted molar refractivity (Wildman–Crippen MR) is 62.3 cm³/mol. The quantitative estimate of drug-likeness (QED) is 0.682. The zero-order valence-electron chi connectivity index (χ0n) is 9.76. The van der Waals surface area contributed by atoms with Gasteiger partial charge in [0.1, 0.15) is 0 Å². The highest BCUT2D eigenvalue weighted by molar-refractivity contribution is 6.02. The van der Waals surface area contributed by atoms with E-state index in [0.29, 0.717) is 5.78 Å². The Bertz CT molecular complexity index is 402. The van der Waals surface area contributed by atoms with Gasteiger partial charge >= 0.3 is 0 Å². The third-order valence-corrected chi connectivity index (χ3v) is 3.46. The first-order valence-electron chi connectivity index (χ1n) is 5.71. The molecule has 1 aromatic carbocycles. The van der Waals surface area contributed by atoms with Crippen LogP contribution < -0.4 is 0 Å². The minimum atomic E-state index is -0.167. The van der Waals surface area contributed by atoms with Crippen molar-refractivity contribution in [1.29, 1.82) is 0 Å². The molecule has 80 valence electrons. The molecule has 2 rings (SSSR count). The van der Waals surface area contributed by atoms with Crippen molar-refractivity contribution in [3.8, 4) is 0 Å². The predicted octanol–water partition coefficient (Wildman–Crippen LogP) is 3.40. The molecule has 0 atom stereocenters. The minimum absolute atomic E-state index is 0.167. The summed E-state index contributed by atoms with van der Waals surface area (Å²) < 4.78 is 0. The standard InChI is InChI=1S/C14H18O/c1-4-10-5-6-11-7-8-14(2,3)13(15)12(11)9-10/h5-6,9H,4,7-8H2,1-3H3. The van der Waals surface area contributed by atoms with E-state index in [1.165, 1.54) is 11.1 Å². The summed E-state index contributed by atoms with van der Waals surface area (Å²) in [6, 6.07) is 6.35. The molecule has 1 heteroatoms. The lowest BCUT2D eigenvalue weighted by molar-refractivity contribution is 0.0811. The van der Waals surface area contributed by atoms with Gasteiger partial charge in [-0.3, -0.25) is 4.79 Å². The number of aryl methyl sites for hydroxylation is 2. The third kappa shape index (κ3) is 1.71. The summed E-state index contributed by atoms with van der Waals surface area (Å²) in [5.74, 6) is 0.319. The molecule has 0 N–H and O–H groups in total.